The molecule has 0 N–H and O–H groups in total. The molecule has 0 unspecified atom stereocenters. The fraction of sp³-hybridized carbons (Fsp3) is 0.733. The lowest BCUT2D eigenvalue weighted by molar-refractivity contribution is 0.213. The van der Waals surface area contributed by atoms with Crippen molar-refractivity contribution in [3.63, 3.8) is 0 Å². The molecule has 3 rings (SSSR count). The molecule has 2 aliphatic rings. The van der Waals surface area contributed by atoms with Gasteiger partial charge in [-0.05, 0) is 25.7 Å². The SMILES string of the molecule is N#CC1(Cc2nc(C3CCCCC3)cs2)CCC1. The van der Waals surface area contributed by atoms with Crippen LogP contribution in [0.1, 0.15) is 68.0 Å². The van der Waals surface area contributed by atoms with Crippen LogP contribution in [0.3, 0.4) is 0 Å². The second-order valence-corrected chi connectivity index (χ2v) is 6.87. The molecule has 0 amide bonds. The van der Waals surface area contributed by atoms with E-state index in [-0.39, 0.29) is 5.41 Å². The summed E-state index contributed by atoms with van der Waals surface area (Å²) < 4.78 is 0. The van der Waals surface area contributed by atoms with Crippen LogP contribution in [0.2, 0.25) is 0 Å². The van der Waals surface area contributed by atoms with Gasteiger partial charge >= 0.3 is 0 Å². The molecule has 1 heterocycles. The molecule has 3 heteroatoms. The molecule has 0 bridgehead atoms. The molecule has 18 heavy (non-hydrogen) atoms. The molecule has 0 spiro atoms. The highest BCUT2D eigenvalue weighted by molar-refractivity contribution is 7.09. The summed E-state index contributed by atoms with van der Waals surface area (Å²) in [5, 5.41) is 12.7. The molecule has 1 aromatic rings. The van der Waals surface area contributed by atoms with Crippen molar-refractivity contribution in [2.75, 3.05) is 0 Å². The average molecular weight is 260 g/mol. The van der Waals surface area contributed by atoms with Gasteiger partial charge in [0.15, 0.2) is 0 Å². The van der Waals surface area contributed by atoms with E-state index in [4.69, 9.17) is 4.98 Å². The van der Waals surface area contributed by atoms with Crippen LogP contribution in [0.4, 0.5) is 0 Å². The molecule has 2 nitrogen and oxygen atoms in total. The Hall–Kier alpha value is -0.880. The largest absolute Gasteiger partial charge is 0.246 e. The summed E-state index contributed by atoms with van der Waals surface area (Å²) in [5.74, 6) is 0.697. The lowest BCUT2D eigenvalue weighted by Crippen LogP contribution is -2.29. The van der Waals surface area contributed by atoms with E-state index in [1.807, 2.05) is 0 Å². The number of hydrogen-bond acceptors (Lipinski definition) is 3. The third-order valence-corrected chi connectivity index (χ3v) is 5.50. The maximum absolute atomic E-state index is 9.28. The Morgan fingerprint density at radius 2 is 2.06 bits per heavy atom. The van der Waals surface area contributed by atoms with Crippen LogP contribution in [0.15, 0.2) is 5.38 Å². The van der Waals surface area contributed by atoms with E-state index in [0.717, 1.165) is 19.3 Å². The Morgan fingerprint density at radius 3 is 2.67 bits per heavy atom. The first-order valence-corrected chi connectivity index (χ1v) is 8.05. The van der Waals surface area contributed by atoms with Crippen LogP contribution in [0, 0.1) is 16.7 Å². The predicted octanol–water partition coefficient (Wildman–Crippen LogP) is 4.43. The average Bonchev–Trinajstić information content (AvgIpc) is 2.83. The minimum Gasteiger partial charge on any atom is -0.246 e. The Labute approximate surface area is 113 Å². The van der Waals surface area contributed by atoms with E-state index < -0.39 is 0 Å². The van der Waals surface area contributed by atoms with Gasteiger partial charge in [0, 0.05) is 17.7 Å². The van der Waals surface area contributed by atoms with Crippen molar-refractivity contribution in [2.24, 2.45) is 5.41 Å². The summed E-state index contributed by atoms with van der Waals surface area (Å²) in [4.78, 5) is 4.82. The first-order valence-electron chi connectivity index (χ1n) is 7.17. The number of rotatable bonds is 3. The maximum atomic E-state index is 9.28. The highest BCUT2D eigenvalue weighted by Crippen LogP contribution is 2.44. The third kappa shape index (κ3) is 2.31. The van der Waals surface area contributed by atoms with Crippen LogP contribution >= 0.6 is 11.3 Å². The van der Waals surface area contributed by atoms with Gasteiger partial charge in [-0.3, -0.25) is 0 Å². The van der Waals surface area contributed by atoms with Gasteiger partial charge in [-0.15, -0.1) is 11.3 Å². The molecule has 0 atom stereocenters. The first-order chi connectivity index (χ1) is 8.81. The Morgan fingerprint density at radius 1 is 1.28 bits per heavy atom. The van der Waals surface area contributed by atoms with Crippen LogP contribution in [-0.4, -0.2) is 4.98 Å². The van der Waals surface area contributed by atoms with Crippen molar-refractivity contribution >= 4 is 11.3 Å². The van der Waals surface area contributed by atoms with Crippen LogP contribution in [0.25, 0.3) is 0 Å². The number of hydrogen-bond donors (Lipinski definition) is 0. The lowest BCUT2D eigenvalue weighted by Gasteiger charge is -2.34. The van der Waals surface area contributed by atoms with Gasteiger partial charge in [-0.2, -0.15) is 5.26 Å². The highest BCUT2D eigenvalue weighted by atomic mass is 32.1. The molecule has 96 valence electrons. The summed E-state index contributed by atoms with van der Waals surface area (Å²) in [6.07, 6.45) is 11.0. The van der Waals surface area contributed by atoms with E-state index in [9.17, 15) is 5.26 Å². The van der Waals surface area contributed by atoms with Gasteiger partial charge in [-0.25, -0.2) is 4.98 Å². The van der Waals surface area contributed by atoms with Crippen molar-refractivity contribution in [3.05, 3.63) is 16.1 Å². The van der Waals surface area contributed by atoms with Crippen LogP contribution in [-0.2, 0) is 6.42 Å². The summed E-state index contributed by atoms with van der Waals surface area (Å²) in [6.45, 7) is 0. The number of thiazole rings is 1. The molecule has 0 radical (unpaired) electrons. The highest BCUT2D eigenvalue weighted by Gasteiger charge is 2.38. The summed E-state index contributed by atoms with van der Waals surface area (Å²) >= 11 is 1.77. The molecule has 0 saturated heterocycles. The fourth-order valence-corrected chi connectivity index (χ4v) is 4.23. The van der Waals surface area contributed by atoms with Crippen LogP contribution < -0.4 is 0 Å². The van der Waals surface area contributed by atoms with E-state index in [0.29, 0.717) is 5.92 Å². The van der Waals surface area contributed by atoms with Crippen molar-refractivity contribution in [1.29, 1.82) is 5.26 Å². The zero-order valence-electron chi connectivity index (χ0n) is 10.8. The summed E-state index contributed by atoms with van der Waals surface area (Å²) in [6, 6.07) is 2.52. The monoisotopic (exact) mass is 260 g/mol. The van der Waals surface area contributed by atoms with Crippen molar-refractivity contribution in [3.8, 4) is 6.07 Å². The number of aromatic nitrogens is 1. The van der Waals surface area contributed by atoms with Crippen molar-refractivity contribution < 1.29 is 0 Å². The molecular weight excluding hydrogens is 240 g/mol. The number of nitrogens with zero attached hydrogens (tertiary/aromatic N) is 2. The minimum atomic E-state index is -0.0678. The Bertz CT molecular complexity index is 447. The van der Waals surface area contributed by atoms with Crippen molar-refractivity contribution in [1.82, 2.24) is 4.98 Å². The Balaban J connectivity index is 1.68. The van der Waals surface area contributed by atoms with Crippen LogP contribution in [0.5, 0.6) is 0 Å². The second kappa shape index (κ2) is 5.01. The number of nitriles is 1. The first kappa shape index (κ1) is 12.2. The van der Waals surface area contributed by atoms with E-state index in [1.165, 1.54) is 49.2 Å². The molecule has 0 aliphatic heterocycles. The topological polar surface area (TPSA) is 36.7 Å². The molecule has 2 aliphatic carbocycles. The fourth-order valence-electron chi connectivity index (χ4n) is 3.21. The van der Waals surface area contributed by atoms with E-state index in [1.54, 1.807) is 11.3 Å². The van der Waals surface area contributed by atoms with Crippen molar-refractivity contribution in [2.45, 2.75) is 63.7 Å². The maximum Gasteiger partial charge on any atom is 0.0944 e. The van der Waals surface area contributed by atoms with E-state index >= 15 is 0 Å². The quantitative estimate of drug-likeness (QED) is 0.806. The standard InChI is InChI=1S/C15H20N2S/c16-11-15(7-4-8-15)9-14-17-13(10-18-14)12-5-2-1-3-6-12/h10,12H,1-9H2. The normalized spacial score (nSPS) is 23.3. The predicted molar refractivity (Wildman–Crippen MR) is 73.5 cm³/mol. The molecule has 2 fully saturated rings. The van der Waals surface area contributed by atoms with Gasteiger partial charge in [-0.1, -0.05) is 25.7 Å². The zero-order chi connectivity index (χ0) is 12.4. The van der Waals surface area contributed by atoms with E-state index in [2.05, 4.69) is 11.4 Å². The molecular formula is C15H20N2S. The smallest absolute Gasteiger partial charge is 0.0944 e. The van der Waals surface area contributed by atoms with Gasteiger partial charge < -0.3 is 0 Å². The summed E-state index contributed by atoms with van der Waals surface area (Å²) in [5.41, 5.74) is 1.24. The van der Waals surface area contributed by atoms with Gasteiger partial charge in [0.2, 0.25) is 0 Å². The molecule has 1 aromatic heterocycles. The van der Waals surface area contributed by atoms with Gasteiger partial charge in [0.05, 0.1) is 22.2 Å². The summed E-state index contributed by atoms with van der Waals surface area (Å²) in [7, 11) is 0. The zero-order valence-corrected chi connectivity index (χ0v) is 11.6. The lowest BCUT2D eigenvalue weighted by atomic mass is 9.68. The third-order valence-electron chi connectivity index (χ3n) is 4.63. The van der Waals surface area contributed by atoms with Gasteiger partial charge in [0.25, 0.3) is 0 Å². The molecule has 2 saturated carbocycles. The molecule has 0 aromatic carbocycles. The second-order valence-electron chi connectivity index (χ2n) is 5.92. The van der Waals surface area contributed by atoms with Gasteiger partial charge in [0.1, 0.15) is 0 Å². The minimum absolute atomic E-state index is 0.0678. The Kier molecular flexibility index (Phi) is 3.39.